The molecule has 1 heterocycles. The number of halogens is 1. The van der Waals surface area contributed by atoms with Gasteiger partial charge in [-0.05, 0) is 49.1 Å². The molecule has 0 radical (unpaired) electrons. The van der Waals surface area contributed by atoms with Crippen molar-refractivity contribution >= 4 is 46.3 Å². The highest BCUT2D eigenvalue weighted by Gasteiger charge is 2.16. The van der Waals surface area contributed by atoms with Crippen LogP contribution in [0.4, 0.5) is 0 Å². The Morgan fingerprint density at radius 3 is 2.44 bits per heavy atom. The van der Waals surface area contributed by atoms with E-state index in [0.717, 1.165) is 29.4 Å². The summed E-state index contributed by atoms with van der Waals surface area (Å²) in [6.45, 7) is 2.26. The predicted octanol–water partition coefficient (Wildman–Crippen LogP) is 5.51. The maximum Gasteiger partial charge on any atom is 0.316 e. The second-order valence-electron chi connectivity index (χ2n) is 8.54. The number of hydrogen-bond donors (Lipinski definition) is 1. The Hall–Kier alpha value is -3.29. The van der Waals surface area contributed by atoms with E-state index < -0.39 is 5.97 Å². The summed E-state index contributed by atoms with van der Waals surface area (Å²) >= 11 is 7.44. The van der Waals surface area contributed by atoms with Gasteiger partial charge in [-0.1, -0.05) is 84.0 Å². The second kappa shape index (κ2) is 12.6. The minimum atomic E-state index is -0.469. The fourth-order valence-electron chi connectivity index (χ4n) is 3.84. The topological polar surface area (TPSA) is 73.2 Å². The van der Waals surface area contributed by atoms with E-state index in [-0.39, 0.29) is 24.3 Å². The molecule has 4 rings (SSSR count). The number of imidazole rings is 1. The lowest BCUT2D eigenvalue weighted by Crippen LogP contribution is -2.36. The van der Waals surface area contributed by atoms with Crippen molar-refractivity contribution in [2.45, 2.75) is 37.5 Å². The van der Waals surface area contributed by atoms with Gasteiger partial charge in [-0.25, -0.2) is 4.98 Å². The number of rotatable bonds is 11. The number of amides is 1. The fraction of sp³-hybridized carbons (Fsp3) is 0.250. The van der Waals surface area contributed by atoms with Crippen LogP contribution in [-0.2, 0) is 27.3 Å². The fourth-order valence-corrected chi connectivity index (χ4v) is 4.82. The third-order valence-electron chi connectivity index (χ3n) is 5.66. The molecule has 1 atom stereocenters. The first-order valence-corrected chi connectivity index (χ1v) is 13.2. The standard InChI is InChI=1S/C28H28ClN3O3S/c1-20(12-13-21-8-4-2-5-9-21)30-26(33)18-35-27(34)19-36-28-31-24-16-23(29)14-15-25(24)32(28)17-22-10-6-3-7-11-22/h2-11,14-16,20H,12-13,17-19H2,1H3,(H,30,33)/t20-/m1/s1. The Labute approximate surface area is 220 Å². The normalized spacial score (nSPS) is 11.8. The van der Waals surface area contributed by atoms with Crippen LogP contribution >= 0.6 is 23.4 Å². The highest BCUT2D eigenvalue weighted by Crippen LogP contribution is 2.27. The summed E-state index contributed by atoms with van der Waals surface area (Å²) in [5.41, 5.74) is 4.04. The van der Waals surface area contributed by atoms with E-state index in [4.69, 9.17) is 16.3 Å². The van der Waals surface area contributed by atoms with Crippen LogP contribution in [0, 0.1) is 0 Å². The third kappa shape index (κ3) is 7.35. The number of aromatic nitrogens is 2. The number of nitrogens with zero attached hydrogens (tertiary/aromatic N) is 2. The Morgan fingerprint density at radius 1 is 1.03 bits per heavy atom. The molecule has 186 valence electrons. The van der Waals surface area contributed by atoms with Gasteiger partial charge in [-0.2, -0.15) is 0 Å². The lowest BCUT2D eigenvalue weighted by molar-refractivity contribution is -0.146. The van der Waals surface area contributed by atoms with Gasteiger partial charge in [0, 0.05) is 11.1 Å². The molecule has 1 amide bonds. The third-order valence-corrected chi connectivity index (χ3v) is 6.84. The number of carbonyl (C=O) groups excluding carboxylic acids is 2. The van der Waals surface area contributed by atoms with Gasteiger partial charge in [-0.15, -0.1) is 0 Å². The molecule has 3 aromatic carbocycles. The SMILES string of the molecule is C[C@H](CCc1ccccc1)NC(=O)COC(=O)CSc1nc2cc(Cl)ccc2n1Cc1ccccc1. The van der Waals surface area contributed by atoms with Gasteiger partial charge in [0.25, 0.3) is 5.91 Å². The van der Waals surface area contributed by atoms with Crippen LogP contribution in [0.5, 0.6) is 0 Å². The molecule has 0 bridgehead atoms. The maximum atomic E-state index is 12.4. The van der Waals surface area contributed by atoms with Crippen molar-refractivity contribution in [1.82, 2.24) is 14.9 Å². The zero-order chi connectivity index (χ0) is 25.3. The number of nitrogens with one attached hydrogen (secondary N) is 1. The van der Waals surface area contributed by atoms with Gasteiger partial charge < -0.3 is 14.6 Å². The lowest BCUT2D eigenvalue weighted by atomic mass is 10.1. The molecule has 0 unspecified atom stereocenters. The predicted molar refractivity (Wildman–Crippen MR) is 144 cm³/mol. The van der Waals surface area contributed by atoms with Gasteiger partial charge in [0.05, 0.1) is 23.3 Å². The molecular formula is C28H28ClN3O3S. The second-order valence-corrected chi connectivity index (χ2v) is 9.92. The number of ether oxygens (including phenoxy) is 1. The number of benzene rings is 3. The molecule has 1 aromatic heterocycles. The molecule has 8 heteroatoms. The number of hydrogen-bond acceptors (Lipinski definition) is 5. The van der Waals surface area contributed by atoms with Crippen LogP contribution in [0.3, 0.4) is 0 Å². The van der Waals surface area contributed by atoms with Crippen LogP contribution < -0.4 is 5.32 Å². The smallest absolute Gasteiger partial charge is 0.316 e. The average Bonchev–Trinajstić information content (AvgIpc) is 3.22. The molecule has 0 spiro atoms. The van der Waals surface area contributed by atoms with Crippen LogP contribution in [0.25, 0.3) is 11.0 Å². The summed E-state index contributed by atoms with van der Waals surface area (Å²) in [5, 5.41) is 4.18. The van der Waals surface area contributed by atoms with E-state index in [0.29, 0.717) is 16.7 Å². The molecule has 0 saturated heterocycles. The van der Waals surface area contributed by atoms with Crippen LogP contribution in [0.2, 0.25) is 5.02 Å². The van der Waals surface area contributed by atoms with Crippen molar-refractivity contribution in [3.8, 4) is 0 Å². The largest absolute Gasteiger partial charge is 0.455 e. The molecule has 6 nitrogen and oxygen atoms in total. The molecule has 1 N–H and O–H groups in total. The van der Waals surface area contributed by atoms with E-state index in [9.17, 15) is 9.59 Å². The molecular weight excluding hydrogens is 494 g/mol. The van der Waals surface area contributed by atoms with Crippen LogP contribution in [0.15, 0.2) is 84.0 Å². The Kier molecular flexibility index (Phi) is 9.03. The Balaban J connectivity index is 1.29. The molecule has 4 aromatic rings. The molecule has 0 aliphatic heterocycles. The van der Waals surface area contributed by atoms with Gasteiger partial charge in [0.15, 0.2) is 11.8 Å². The van der Waals surface area contributed by atoms with Crippen molar-refractivity contribution in [3.63, 3.8) is 0 Å². The van der Waals surface area contributed by atoms with E-state index in [2.05, 4.69) is 27.0 Å². The zero-order valence-electron chi connectivity index (χ0n) is 20.0. The summed E-state index contributed by atoms with van der Waals surface area (Å²) in [5.74, 6) is -0.730. The van der Waals surface area contributed by atoms with Gasteiger partial charge in [0.1, 0.15) is 0 Å². The Bertz CT molecular complexity index is 1310. The van der Waals surface area contributed by atoms with Crippen molar-refractivity contribution in [1.29, 1.82) is 0 Å². The average molecular weight is 522 g/mol. The van der Waals surface area contributed by atoms with Crippen LogP contribution in [-0.4, -0.2) is 39.8 Å². The molecule has 0 saturated carbocycles. The first-order valence-electron chi connectivity index (χ1n) is 11.8. The number of esters is 1. The lowest BCUT2D eigenvalue weighted by Gasteiger charge is -2.14. The number of carbonyl (C=O) groups is 2. The van der Waals surface area contributed by atoms with Gasteiger partial charge in [-0.3, -0.25) is 9.59 Å². The van der Waals surface area contributed by atoms with Crippen molar-refractivity contribution in [2.75, 3.05) is 12.4 Å². The maximum absolute atomic E-state index is 12.4. The highest BCUT2D eigenvalue weighted by atomic mass is 35.5. The van der Waals surface area contributed by atoms with Crippen LogP contribution in [0.1, 0.15) is 24.5 Å². The molecule has 36 heavy (non-hydrogen) atoms. The highest BCUT2D eigenvalue weighted by molar-refractivity contribution is 7.99. The number of aryl methyl sites for hydroxylation is 1. The summed E-state index contributed by atoms with van der Waals surface area (Å²) in [6, 6.07) is 25.7. The minimum absolute atomic E-state index is 0.0181. The summed E-state index contributed by atoms with van der Waals surface area (Å²) in [4.78, 5) is 29.3. The van der Waals surface area contributed by atoms with E-state index in [1.54, 1.807) is 0 Å². The van der Waals surface area contributed by atoms with Crippen molar-refractivity contribution in [3.05, 3.63) is 95.0 Å². The molecule has 0 aliphatic rings. The zero-order valence-corrected chi connectivity index (χ0v) is 21.6. The van der Waals surface area contributed by atoms with E-state index >= 15 is 0 Å². The summed E-state index contributed by atoms with van der Waals surface area (Å²) in [6.07, 6.45) is 1.68. The summed E-state index contributed by atoms with van der Waals surface area (Å²) in [7, 11) is 0. The quantitative estimate of drug-likeness (QED) is 0.208. The van der Waals surface area contributed by atoms with Gasteiger partial charge in [0.2, 0.25) is 0 Å². The van der Waals surface area contributed by atoms with E-state index in [1.807, 2.05) is 73.7 Å². The van der Waals surface area contributed by atoms with E-state index in [1.165, 1.54) is 17.3 Å². The van der Waals surface area contributed by atoms with Gasteiger partial charge >= 0.3 is 5.97 Å². The molecule has 0 fully saturated rings. The minimum Gasteiger partial charge on any atom is -0.455 e. The monoisotopic (exact) mass is 521 g/mol. The Morgan fingerprint density at radius 2 is 1.72 bits per heavy atom. The number of thioether (sulfide) groups is 1. The van der Waals surface area contributed by atoms with Crippen molar-refractivity contribution in [2.24, 2.45) is 0 Å². The first-order chi connectivity index (χ1) is 17.5. The summed E-state index contributed by atoms with van der Waals surface area (Å²) < 4.78 is 7.27. The first kappa shape index (κ1) is 25.8. The number of fused-ring (bicyclic) bond motifs is 1. The van der Waals surface area contributed by atoms with Crippen molar-refractivity contribution < 1.29 is 14.3 Å². The molecule has 0 aliphatic carbocycles.